The zero-order valence-corrected chi connectivity index (χ0v) is 18.5. The van der Waals surface area contributed by atoms with Gasteiger partial charge in [0.2, 0.25) is 11.9 Å². The Balaban J connectivity index is 1.28. The van der Waals surface area contributed by atoms with Crippen LogP contribution in [0.15, 0.2) is 30.9 Å². The zero-order chi connectivity index (χ0) is 22.2. The topological polar surface area (TPSA) is 110 Å². The van der Waals surface area contributed by atoms with Gasteiger partial charge in [-0.25, -0.2) is 10.5 Å². The van der Waals surface area contributed by atoms with E-state index in [0.717, 1.165) is 61.4 Å². The molecule has 9 heteroatoms. The smallest absolute Gasteiger partial charge is 0.243 e. The fraction of sp³-hybridized carbons (Fsp3) is 0.565. The van der Waals surface area contributed by atoms with E-state index in [0.29, 0.717) is 12.4 Å². The van der Waals surface area contributed by atoms with Crippen LogP contribution in [0.5, 0.6) is 0 Å². The highest BCUT2D eigenvalue weighted by atomic mass is 16.5. The molecule has 3 aromatic rings. The van der Waals surface area contributed by atoms with Gasteiger partial charge in [-0.15, -0.1) is 0 Å². The summed E-state index contributed by atoms with van der Waals surface area (Å²) in [5.41, 5.74) is 3.51. The number of amides is 1. The zero-order valence-electron chi connectivity index (χ0n) is 18.5. The van der Waals surface area contributed by atoms with Crippen molar-refractivity contribution in [2.45, 2.75) is 77.3 Å². The second kappa shape index (κ2) is 11.1. The van der Waals surface area contributed by atoms with E-state index < -0.39 is 0 Å². The van der Waals surface area contributed by atoms with E-state index >= 15 is 0 Å². The van der Waals surface area contributed by atoms with E-state index in [2.05, 4.69) is 32.2 Å². The molecule has 3 aromatic heterocycles. The standard InChI is InChI=1S/C23H33N7O2/c31-21(28-32)10-6-1-2-7-12-30-17-20(15-25-30)26-23-24-14-19-11-13-29(22(19)27-23)16-18-8-4-3-5-9-18/h11,13-15,17-18,32H,1-10,12,16H2,(H,28,31)(H,24,26,27). The molecule has 1 amide bonds. The first-order valence-corrected chi connectivity index (χ1v) is 11.8. The molecule has 1 aliphatic carbocycles. The molecule has 1 aliphatic rings. The van der Waals surface area contributed by atoms with Gasteiger partial charge in [-0.2, -0.15) is 10.1 Å². The van der Waals surface area contributed by atoms with E-state index in [4.69, 9.17) is 10.2 Å². The summed E-state index contributed by atoms with van der Waals surface area (Å²) >= 11 is 0. The van der Waals surface area contributed by atoms with Crippen molar-refractivity contribution in [3.05, 3.63) is 30.9 Å². The van der Waals surface area contributed by atoms with Crippen LogP contribution in [-0.2, 0) is 17.9 Å². The minimum Gasteiger partial charge on any atom is -0.332 e. The fourth-order valence-electron chi connectivity index (χ4n) is 4.47. The minimum absolute atomic E-state index is 0.325. The summed E-state index contributed by atoms with van der Waals surface area (Å²) in [5.74, 6) is 1.01. The monoisotopic (exact) mass is 439 g/mol. The average molecular weight is 440 g/mol. The first-order chi connectivity index (χ1) is 15.7. The number of nitrogens with one attached hydrogen (secondary N) is 2. The number of anilines is 2. The highest BCUT2D eigenvalue weighted by Crippen LogP contribution is 2.27. The number of unbranched alkanes of at least 4 members (excludes halogenated alkanes) is 3. The number of rotatable bonds is 11. The number of aromatic nitrogens is 5. The highest BCUT2D eigenvalue weighted by Gasteiger charge is 2.15. The normalized spacial score (nSPS) is 14.7. The molecule has 32 heavy (non-hydrogen) atoms. The Morgan fingerprint density at radius 3 is 2.81 bits per heavy atom. The van der Waals surface area contributed by atoms with Gasteiger partial charge >= 0.3 is 0 Å². The molecular formula is C23H33N7O2. The van der Waals surface area contributed by atoms with Crippen molar-refractivity contribution in [2.24, 2.45) is 5.92 Å². The van der Waals surface area contributed by atoms with Gasteiger partial charge in [-0.05, 0) is 37.7 Å². The van der Waals surface area contributed by atoms with Crippen LogP contribution in [0.25, 0.3) is 11.0 Å². The predicted molar refractivity (Wildman–Crippen MR) is 123 cm³/mol. The molecule has 0 atom stereocenters. The van der Waals surface area contributed by atoms with Gasteiger partial charge in [0.15, 0.2) is 0 Å². The summed E-state index contributed by atoms with van der Waals surface area (Å²) in [6.07, 6.45) is 18.5. The van der Waals surface area contributed by atoms with Gasteiger partial charge in [0.1, 0.15) is 5.65 Å². The molecule has 1 saturated carbocycles. The molecule has 0 aromatic carbocycles. The van der Waals surface area contributed by atoms with E-state index in [1.54, 1.807) is 11.7 Å². The third kappa shape index (κ3) is 6.06. The summed E-state index contributed by atoms with van der Waals surface area (Å²) in [5, 5.41) is 17.3. The van der Waals surface area contributed by atoms with E-state index in [-0.39, 0.29) is 5.91 Å². The van der Waals surface area contributed by atoms with Crippen LogP contribution in [0.4, 0.5) is 11.6 Å². The molecule has 172 valence electrons. The third-order valence-electron chi connectivity index (χ3n) is 6.24. The largest absolute Gasteiger partial charge is 0.332 e. The van der Waals surface area contributed by atoms with Crippen LogP contribution in [-0.4, -0.2) is 35.4 Å². The number of aryl methyl sites for hydroxylation is 1. The number of hydrogen-bond acceptors (Lipinski definition) is 6. The quantitative estimate of drug-likeness (QED) is 0.232. The highest BCUT2D eigenvalue weighted by molar-refractivity contribution is 5.76. The summed E-state index contributed by atoms with van der Waals surface area (Å²) in [7, 11) is 0. The van der Waals surface area contributed by atoms with Crippen LogP contribution in [0.3, 0.4) is 0 Å². The molecular weight excluding hydrogens is 406 g/mol. The first kappa shape index (κ1) is 22.3. The Morgan fingerprint density at radius 2 is 1.97 bits per heavy atom. The molecule has 3 N–H and O–H groups in total. The van der Waals surface area contributed by atoms with Gasteiger partial charge < -0.3 is 9.88 Å². The predicted octanol–water partition coefficient (Wildman–Crippen LogP) is 4.41. The number of nitrogens with zero attached hydrogens (tertiary/aromatic N) is 5. The van der Waals surface area contributed by atoms with Gasteiger partial charge in [0.25, 0.3) is 0 Å². The van der Waals surface area contributed by atoms with Crippen molar-refractivity contribution in [3.8, 4) is 0 Å². The second-order valence-corrected chi connectivity index (χ2v) is 8.76. The molecule has 0 unspecified atom stereocenters. The summed E-state index contributed by atoms with van der Waals surface area (Å²) in [6, 6.07) is 2.09. The maximum absolute atomic E-state index is 11.0. The van der Waals surface area contributed by atoms with Crippen LogP contribution < -0.4 is 10.8 Å². The molecule has 9 nitrogen and oxygen atoms in total. The maximum atomic E-state index is 11.0. The number of hydroxylamine groups is 1. The van der Waals surface area contributed by atoms with Crippen molar-refractivity contribution in [1.29, 1.82) is 0 Å². The van der Waals surface area contributed by atoms with Crippen LogP contribution >= 0.6 is 0 Å². The van der Waals surface area contributed by atoms with Crippen LogP contribution in [0.2, 0.25) is 0 Å². The van der Waals surface area contributed by atoms with Gasteiger partial charge in [0.05, 0.1) is 11.9 Å². The summed E-state index contributed by atoms with van der Waals surface area (Å²) in [6.45, 7) is 1.85. The molecule has 0 spiro atoms. The van der Waals surface area contributed by atoms with Crippen molar-refractivity contribution < 1.29 is 10.0 Å². The van der Waals surface area contributed by atoms with Crippen LogP contribution in [0.1, 0.15) is 64.2 Å². The van der Waals surface area contributed by atoms with Crippen molar-refractivity contribution in [2.75, 3.05) is 5.32 Å². The lowest BCUT2D eigenvalue weighted by Crippen LogP contribution is -2.17. The number of carbonyl (C=O) groups excluding carboxylic acids is 1. The van der Waals surface area contributed by atoms with Crippen molar-refractivity contribution in [1.82, 2.24) is 29.8 Å². The van der Waals surface area contributed by atoms with Crippen molar-refractivity contribution >= 4 is 28.6 Å². The average Bonchev–Trinajstić information content (AvgIpc) is 3.43. The lowest BCUT2D eigenvalue weighted by Gasteiger charge is -2.22. The van der Waals surface area contributed by atoms with E-state index in [9.17, 15) is 4.79 Å². The fourth-order valence-corrected chi connectivity index (χ4v) is 4.47. The Labute approximate surface area is 188 Å². The van der Waals surface area contributed by atoms with Crippen LogP contribution in [0, 0.1) is 5.92 Å². The third-order valence-corrected chi connectivity index (χ3v) is 6.24. The molecule has 0 bridgehead atoms. The molecule has 4 rings (SSSR count). The molecule has 0 saturated heterocycles. The minimum atomic E-state index is -0.325. The Kier molecular flexibility index (Phi) is 7.71. The SMILES string of the molecule is O=C(CCCCCCn1cc(Nc2ncc3ccn(CC4CCCCC4)c3n2)cn1)NO. The lowest BCUT2D eigenvalue weighted by atomic mass is 9.89. The van der Waals surface area contributed by atoms with Gasteiger partial charge in [0, 0.05) is 43.5 Å². The van der Waals surface area contributed by atoms with E-state index in [1.165, 1.54) is 32.1 Å². The second-order valence-electron chi connectivity index (χ2n) is 8.76. The molecule has 3 heterocycles. The Bertz CT molecular complexity index is 1010. The Hall–Kier alpha value is -2.94. The number of hydrogen-bond donors (Lipinski definition) is 3. The summed E-state index contributed by atoms with van der Waals surface area (Å²) in [4.78, 5) is 20.2. The van der Waals surface area contributed by atoms with E-state index in [1.807, 2.05) is 17.1 Å². The number of fused-ring (bicyclic) bond motifs is 1. The van der Waals surface area contributed by atoms with Crippen molar-refractivity contribution in [3.63, 3.8) is 0 Å². The molecule has 0 aliphatic heterocycles. The molecule has 0 radical (unpaired) electrons. The van der Waals surface area contributed by atoms with Gasteiger partial charge in [-0.1, -0.05) is 32.1 Å². The number of carbonyl (C=O) groups is 1. The lowest BCUT2D eigenvalue weighted by molar-refractivity contribution is -0.129. The Morgan fingerprint density at radius 1 is 1.12 bits per heavy atom. The van der Waals surface area contributed by atoms with Gasteiger partial charge in [-0.3, -0.25) is 14.7 Å². The summed E-state index contributed by atoms with van der Waals surface area (Å²) < 4.78 is 4.18. The molecule has 1 fully saturated rings. The first-order valence-electron chi connectivity index (χ1n) is 11.8. The maximum Gasteiger partial charge on any atom is 0.243 e.